The number of imide groups is 1. The van der Waals surface area contributed by atoms with Gasteiger partial charge >= 0.3 is 6.03 Å². The van der Waals surface area contributed by atoms with Crippen LogP contribution in [-0.2, 0) is 4.79 Å². The Morgan fingerprint density at radius 2 is 2.00 bits per heavy atom. The number of urea groups is 1. The monoisotopic (exact) mass is 246 g/mol. The van der Waals surface area contributed by atoms with Gasteiger partial charge in [-0.2, -0.15) is 0 Å². The highest BCUT2D eigenvalue weighted by molar-refractivity contribution is 6.35. The molecule has 1 N–H and O–H groups in total. The number of carbonyl (C=O) groups excluding carboxylic acids is 2. The Kier molecular flexibility index (Phi) is 2.51. The van der Waals surface area contributed by atoms with E-state index < -0.39 is 29.3 Å². The summed E-state index contributed by atoms with van der Waals surface area (Å²) in [6.45, 7) is -0.230. The summed E-state index contributed by atoms with van der Waals surface area (Å²) in [5.74, 6) is -2.58. The Hall–Kier alpha value is -1.69. The van der Waals surface area contributed by atoms with Gasteiger partial charge in [-0.25, -0.2) is 18.5 Å². The first kappa shape index (κ1) is 10.8. The second kappa shape index (κ2) is 3.71. The molecule has 0 radical (unpaired) electrons. The summed E-state index contributed by atoms with van der Waals surface area (Å²) in [5, 5.41) is 1.87. The van der Waals surface area contributed by atoms with Crippen LogP contribution in [0.3, 0.4) is 0 Å². The van der Waals surface area contributed by atoms with Crippen LogP contribution >= 0.6 is 11.6 Å². The van der Waals surface area contributed by atoms with Gasteiger partial charge in [0.2, 0.25) is 0 Å². The zero-order valence-corrected chi connectivity index (χ0v) is 8.52. The topological polar surface area (TPSA) is 49.4 Å². The van der Waals surface area contributed by atoms with Crippen molar-refractivity contribution in [2.24, 2.45) is 0 Å². The van der Waals surface area contributed by atoms with Crippen LogP contribution in [-0.4, -0.2) is 18.5 Å². The molecule has 1 saturated heterocycles. The number of anilines is 1. The SMILES string of the molecule is O=C1CNC(=O)N1c1c(F)cc(F)cc1Cl. The molecule has 0 bridgehead atoms. The van der Waals surface area contributed by atoms with Gasteiger partial charge in [-0.3, -0.25) is 4.79 Å². The van der Waals surface area contributed by atoms with Gasteiger partial charge in [-0.1, -0.05) is 11.6 Å². The van der Waals surface area contributed by atoms with Gasteiger partial charge in [0.15, 0.2) is 5.82 Å². The number of nitrogens with zero attached hydrogens (tertiary/aromatic N) is 1. The van der Waals surface area contributed by atoms with E-state index in [-0.39, 0.29) is 11.6 Å². The minimum Gasteiger partial charge on any atom is -0.328 e. The Morgan fingerprint density at radius 3 is 2.50 bits per heavy atom. The van der Waals surface area contributed by atoms with Gasteiger partial charge in [0, 0.05) is 6.07 Å². The molecular formula is C9H5ClF2N2O2. The largest absolute Gasteiger partial charge is 0.329 e. The Labute approximate surface area is 93.8 Å². The van der Waals surface area contributed by atoms with E-state index in [1.807, 2.05) is 0 Å². The summed E-state index contributed by atoms with van der Waals surface area (Å²) < 4.78 is 26.2. The van der Waals surface area contributed by atoms with Crippen LogP contribution in [0.1, 0.15) is 0 Å². The minimum absolute atomic E-state index is 0.230. The predicted molar refractivity (Wildman–Crippen MR) is 52.3 cm³/mol. The predicted octanol–water partition coefficient (Wildman–Crippen LogP) is 1.67. The molecule has 0 unspecified atom stereocenters. The molecule has 1 aromatic rings. The van der Waals surface area contributed by atoms with Crippen molar-refractivity contribution in [2.75, 3.05) is 11.4 Å². The molecule has 0 aromatic heterocycles. The molecule has 0 spiro atoms. The number of hydrogen-bond donors (Lipinski definition) is 1. The maximum absolute atomic E-state index is 13.4. The lowest BCUT2D eigenvalue weighted by Gasteiger charge is -2.14. The second-order valence-corrected chi connectivity index (χ2v) is 3.51. The van der Waals surface area contributed by atoms with E-state index in [4.69, 9.17) is 11.6 Å². The molecule has 1 fully saturated rings. The molecule has 0 atom stereocenters. The number of carbonyl (C=O) groups is 2. The molecule has 1 aromatic carbocycles. The molecule has 1 heterocycles. The van der Waals surface area contributed by atoms with E-state index in [2.05, 4.69) is 5.32 Å². The molecule has 1 aliphatic heterocycles. The summed E-state index contributed by atoms with van der Waals surface area (Å²) in [4.78, 5) is 23.1. The van der Waals surface area contributed by atoms with Crippen molar-refractivity contribution in [3.8, 4) is 0 Å². The van der Waals surface area contributed by atoms with Crippen LogP contribution in [0.5, 0.6) is 0 Å². The zero-order chi connectivity index (χ0) is 11.9. The van der Waals surface area contributed by atoms with Crippen molar-refractivity contribution in [3.63, 3.8) is 0 Å². The lowest BCUT2D eigenvalue weighted by molar-refractivity contribution is -0.115. The average molecular weight is 247 g/mol. The van der Waals surface area contributed by atoms with Crippen molar-refractivity contribution in [2.45, 2.75) is 0 Å². The van der Waals surface area contributed by atoms with Gasteiger partial charge in [-0.05, 0) is 6.07 Å². The Bertz CT molecular complexity index is 453. The highest BCUT2D eigenvalue weighted by Crippen LogP contribution is 2.31. The van der Waals surface area contributed by atoms with Crippen molar-refractivity contribution < 1.29 is 18.4 Å². The highest BCUT2D eigenvalue weighted by Gasteiger charge is 2.33. The lowest BCUT2D eigenvalue weighted by atomic mass is 10.2. The van der Waals surface area contributed by atoms with Gasteiger partial charge in [-0.15, -0.1) is 0 Å². The maximum Gasteiger partial charge on any atom is 0.329 e. The molecule has 3 amide bonds. The van der Waals surface area contributed by atoms with Crippen molar-refractivity contribution in [1.82, 2.24) is 5.32 Å². The molecule has 84 valence electrons. The smallest absolute Gasteiger partial charge is 0.328 e. The molecule has 1 aliphatic rings. The first-order valence-electron chi connectivity index (χ1n) is 4.26. The number of nitrogens with one attached hydrogen (secondary N) is 1. The standard InChI is InChI=1S/C9H5ClF2N2O2/c10-5-1-4(11)2-6(12)8(5)14-7(15)3-13-9(14)16/h1-2H,3H2,(H,13,16). The molecule has 0 aliphatic carbocycles. The van der Waals surface area contributed by atoms with Crippen LogP contribution in [0.25, 0.3) is 0 Å². The third-order valence-corrected chi connectivity index (χ3v) is 2.34. The first-order chi connectivity index (χ1) is 7.50. The van der Waals surface area contributed by atoms with Crippen LogP contribution in [0.15, 0.2) is 12.1 Å². The summed E-state index contributed by atoms with van der Waals surface area (Å²) >= 11 is 5.59. The number of benzene rings is 1. The molecule has 16 heavy (non-hydrogen) atoms. The van der Waals surface area contributed by atoms with Gasteiger partial charge in [0.05, 0.1) is 11.6 Å². The van der Waals surface area contributed by atoms with E-state index in [1.165, 1.54) is 0 Å². The van der Waals surface area contributed by atoms with E-state index in [0.717, 1.165) is 6.07 Å². The van der Waals surface area contributed by atoms with Gasteiger partial charge in [0.1, 0.15) is 11.5 Å². The van der Waals surface area contributed by atoms with Crippen LogP contribution < -0.4 is 10.2 Å². The van der Waals surface area contributed by atoms with Crippen LogP contribution in [0.2, 0.25) is 5.02 Å². The van der Waals surface area contributed by atoms with Gasteiger partial charge in [0.25, 0.3) is 5.91 Å². The van der Waals surface area contributed by atoms with E-state index in [9.17, 15) is 18.4 Å². The zero-order valence-electron chi connectivity index (χ0n) is 7.76. The lowest BCUT2D eigenvalue weighted by Crippen LogP contribution is -2.31. The van der Waals surface area contributed by atoms with Gasteiger partial charge < -0.3 is 5.32 Å². The molecule has 2 rings (SSSR count). The normalized spacial score (nSPS) is 15.6. The number of hydrogen-bond acceptors (Lipinski definition) is 2. The molecule has 4 nitrogen and oxygen atoms in total. The molecular weight excluding hydrogens is 242 g/mol. The number of amides is 3. The summed E-state index contributed by atoms with van der Waals surface area (Å²) in [5.41, 5.74) is -0.428. The van der Waals surface area contributed by atoms with Crippen molar-refractivity contribution in [3.05, 3.63) is 28.8 Å². The second-order valence-electron chi connectivity index (χ2n) is 3.11. The third-order valence-electron chi connectivity index (χ3n) is 2.05. The van der Waals surface area contributed by atoms with Crippen molar-refractivity contribution in [1.29, 1.82) is 0 Å². The summed E-state index contributed by atoms with van der Waals surface area (Å²) in [6.07, 6.45) is 0. The van der Waals surface area contributed by atoms with E-state index in [1.54, 1.807) is 0 Å². The first-order valence-corrected chi connectivity index (χ1v) is 4.64. The molecule has 7 heteroatoms. The van der Waals surface area contributed by atoms with Crippen LogP contribution in [0, 0.1) is 11.6 Å². The third kappa shape index (κ3) is 1.61. The number of rotatable bonds is 1. The average Bonchev–Trinajstić information content (AvgIpc) is 2.47. The Morgan fingerprint density at radius 1 is 1.31 bits per heavy atom. The molecule has 0 saturated carbocycles. The fourth-order valence-corrected chi connectivity index (χ4v) is 1.68. The quantitative estimate of drug-likeness (QED) is 0.767. The highest BCUT2D eigenvalue weighted by atomic mass is 35.5. The maximum atomic E-state index is 13.4. The minimum atomic E-state index is -1.06. The fourth-order valence-electron chi connectivity index (χ4n) is 1.40. The van der Waals surface area contributed by atoms with E-state index in [0.29, 0.717) is 11.0 Å². The van der Waals surface area contributed by atoms with E-state index >= 15 is 0 Å². The van der Waals surface area contributed by atoms with Crippen LogP contribution in [0.4, 0.5) is 19.3 Å². The Balaban J connectivity index is 2.55. The summed E-state index contributed by atoms with van der Waals surface area (Å²) in [6, 6.07) is 0.608. The fraction of sp³-hybridized carbons (Fsp3) is 0.111. The van der Waals surface area contributed by atoms with Crippen molar-refractivity contribution >= 4 is 29.2 Å². The summed E-state index contributed by atoms with van der Waals surface area (Å²) in [7, 11) is 0. The number of halogens is 3.